The molecule has 22 heavy (non-hydrogen) atoms. The summed E-state index contributed by atoms with van der Waals surface area (Å²) >= 11 is 0. The molecule has 126 valence electrons. The molecule has 1 saturated heterocycles. The number of carbonyl (C=O) groups is 2. The highest BCUT2D eigenvalue weighted by atomic mass is 32.2. The first-order valence-corrected chi connectivity index (χ1v) is 9.56. The quantitative estimate of drug-likeness (QED) is 0.698. The van der Waals surface area contributed by atoms with Crippen molar-refractivity contribution in [2.24, 2.45) is 0 Å². The lowest BCUT2D eigenvalue weighted by atomic mass is 10.2. The Morgan fingerprint density at radius 1 is 1.23 bits per heavy atom. The maximum absolute atomic E-state index is 12.4. The van der Waals surface area contributed by atoms with Gasteiger partial charge in [0.2, 0.25) is 0 Å². The van der Waals surface area contributed by atoms with Crippen molar-refractivity contribution in [3.8, 4) is 0 Å². The van der Waals surface area contributed by atoms with Crippen molar-refractivity contribution < 1.29 is 22.7 Å². The largest absolute Gasteiger partial charge is 0.383 e. The Kier molecular flexibility index (Phi) is 5.80. The van der Waals surface area contributed by atoms with E-state index in [2.05, 4.69) is 5.32 Å². The van der Waals surface area contributed by atoms with Crippen LogP contribution in [0.25, 0.3) is 0 Å². The van der Waals surface area contributed by atoms with E-state index in [1.165, 1.54) is 12.0 Å². The summed E-state index contributed by atoms with van der Waals surface area (Å²) in [5, 5.41) is 2.76. The van der Waals surface area contributed by atoms with Gasteiger partial charge in [-0.3, -0.25) is 9.59 Å². The van der Waals surface area contributed by atoms with Crippen molar-refractivity contribution in [1.82, 2.24) is 10.2 Å². The van der Waals surface area contributed by atoms with E-state index >= 15 is 0 Å². The summed E-state index contributed by atoms with van der Waals surface area (Å²) in [6.07, 6.45) is 4.30. The lowest BCUT2D eigenvalue weighted by Crippen LogP contribution is -2.51. The fraction of sp³-hybridized carbons (Fsp3) is 0.857. The predicted octanol–water partition coefficient (Wildman–Crippen LogP) is -0.293. The summed E-state index contributed by atoms with van der Waals surface area (Å²) in [5.74, 6) is -1.28. The van der Waals surface area contributed by atoms with Crippen LogP contribution in [0.4, 0.5) is 0 Å². The molecule has 1 N–H and O–H groups in total. The van der Waals surface area contributed by atoms with E-state index in [1.807, 2.05) is 0 Å². The molecule has 0 aromatic heterocycles. The van der Waals surface area contributed by atoms with Crippen LogP contribution in [0.5, 0.6) is 0 Å². The second kappa shape index (κ2) is 7.41. The molecule has 1 aliphatic heterocycles. The van der Waals surface area contributed by atoms with Gasteiger partial charge in [0, 0.05) is 25.7 Å². The molecule has 0 spiro atoms. The normalized spacial score (nSPS) is 24.3. The fourth-order valence-electron chi connectivity index (χ4n) is 3.11. The third-order valence-electron chi connectivity index (χ3n) is 4.33. The highest BCUT2D eigenvalue weighted by Gasteiger charge is 2.37. The number of hydrogen-bond acceptors (Lipinski definition) is 5. The molecule has 0 aromatic rings. The van der Waals surface area contributed by atoms with Crippen molar-refractivity contribution in [3.63, 3.8) is 0 Å². The van der Waals surface area contributed by atoms with E-state index in [9.17, 15) is 18.0 Å². The number of carbonyl (C=O) groups excluding carboxylic acids is 2. The molecule has 0 aromatic carbocycles. The number of hydrogen-bond donors (Lipinski definition) is 1. The molecule has 1 saturated carbocycles. The fourth-order valence-corrected chi connectivity index (χ4v) is 4.84. The maximum Gasteiger partial charge on any atom is 0.312 e. The molecule has 1 aliphatic carbocycles. The van der Waals surface area contributed by atoms with Crippen LogP contribution in [0.3, 0.4) is 0 Å². The highest BCUT2D eigenvalue weighted by molar-refractivity contribution is 7.91. The van der Waals surface area contributed by atoms with Gasteiger partial charge in [0.1, 0.15) is 0 Å². The summed E-state index contributed by atoms with van der Waals surface area (Å²) in [5.41, 5.74) is 0. The summed E-state index contributed by atoms with van der Waals surface area (Å²) in [6.45, 7) is 0.507. The van der Waals surface area contributed by atoms with Crippen molar-refractivity contribution in [2.75, 3.05) is 31.8 Å². The second-order valence-electron chi connectivity index (χ2n) is 6.00. The van der Waals surface area contributed by atoms with Crippen LogP contribution in [0, 0.1) is 0 Å². The summed E-state index contributed by atoms with van der Waals surface area (Å²) in [6, 6.07) is -0.366. The molecule has 1 atom stereocenters. The topological polar surface area (TPSA) is 92.8 Å². The third kappa shape index (κ3) is 4.42. The van der Waals surface area contributed by atoms with E-state index in [0.29, 0.717) is 6.42 Å². The number of rotatable bonds is 5. The lowest BCUT2D eigenvalue weighted by Gasteiger charge is -2.27. The van der Waals surface area contributed by atoms with Gasteiger partial charge < -0.3 is 15.0 Å². The van der Waals surface area contributed by atoms with Crippen LogP contribution >= 0.6 is 0 Å². The molecule has 2 rings (SSSR count). The smallest absolute Gasteiger partial charge is 0.312 e. The Labute approximate surface area is 131 Å². The molecule has 7 nitrogen and oxygen atoms in total. The predicted molar refractivity (Wildman–Crippen MR) is 81.0 cm³/mol. The van der Waals surface area contributed by atoms with Crippen molar-refractivity contribution in [1.29, 1.82) is 0 Å². The van der Waals surface area contributed by atoms with Crippen LogP contribution in [-0.2, 0) is 24.2 Å². The maximum atomic E-state index is 12.4. The Balaban J connectivity index is 2.00. The Morgan fingerprint density at radius 2 is 1.91 bits per heavy atom. The molecule has 0 radical (unpaired) electrons. The zero-order chi connectivity index (χ0) is 16.2. The van der Waals surface area contributed by atoms with E-state index < -0.39 is 27.7 Å². The molecule has 0 bridgehead atoms. The van der Waals surface area contributed by atoms with Crippen LogP contribution < -0.4 is 5.32 Å². The first kappa shape index (κ1) is 17.2. The van der Waals surface area contributed by atoms with Crippen LogP contribution in [-0.4, -0.2) is 69.0 Å². The van der Waals surface area contributed by atoms with E-state index in [4.69, 9.17) is 4.74 Å². The molecule has 1 heterocycles. The zero-order valence-corrected chi connectivity index (χ0v) is 13.7. The standard InChI is InChI=1S/C14H24N2O5S/c1-21-8-7-16(12-6-9-22(19,20)10-12)14(18)13(17)15-11-4-2-3-5-11/h11-12H,2-10H2,1H3,(H,15,17). The number of nitrogens with one attached hydrogen (secondary N) is 1. The summed E-state index contributed by atoms with van der Waals surface area (Å²) in [4.78, 5) is 25.9. The van der Waals surface area contributed by atoms with Gasteiger partial charge in [-0.1, -0.05) is 12.8 Å². The number of nitrogens with zero attached hydrogens (tertiary/aromatic N) is 1. The Morgan fingerprint density at radius 3 is 2.45 bits per heavy atom. The monoisotopic (exact) mass is 332 g/mol. The number of ether oxygens (including phenoxy) is 1. The van der Waals surface area contributed by atoms with Gasteiger partial charge in [-0.25, -0.2) is 8.42 Å². The average molecular weight is 332 g/mol. The van der Waals surface area contributed by atoms with Crippen LogP contribution in [0.2, 0.25) is 0 Å². The summed E-state index contributed by atoms with van der Waals surface area (Å²) in [7, 11) is -1.61. The average Bonchev–Trinajstić information content (AvgIpc) is 3.08. The van der Waals surface area contributed by atoms with E-state index in [0.717, 1.165) is 25.7 Å². The highest BCUT2D eigenvalue weighted by Crippen LogP contribution is 2.19. The van der Waals surface area contributed by atoms with Gasteiger partial charge >= 0.3 is 11.8 Å². The van der Waals surface area contributed by atoms with Gasteiger partial charge in [-0.15, -0.1) is 0 Å². The minimum absolute atomic E-state index is 0.0630. The molecule has 2 aliphatic rings. The van der Waals surface area contributed by atoms with Gasteiger partial charge in [-0.2, -0.15) is 0 Å². The van der Waals surface area contributed by atoms with Gasteiger partial charge in [0.15, 0.2) is 9.84 Å². The SMILES string of the molecule is COCCN(C(=O)C(=O)NC1CCCC1)C1CCS(=O)(=O)C1. The minimum atomic E-state index is -3.11. The van der Waals surface area contributed by atoms with Gasteiger partial charge in [-0.05, 0) is 19.3 Å². The third-order valence-corrected chi connectivity index (χ3v) is 6.08. The molecule has 1 unspecified atom stereocenters. The Bertz CT molecular complexity index is 513. The summed E-state index contributed by atoms with van der Waals surface area (Å²) < 4.78 is 28.2. The number of amides is 2. The molecule has 2 amide bonds. The first-order chi connectivity index (χ1) is 10.4. The van der Waals surface area contributed by atoms with Crippen molar-refractivity contribution in [2.45, 2.75) is 44.2 Å². The molecular weight excluding hydrogens is 308 g/mol. The van der Waals surface area contributed by atoms with Gasteiger partial charge in [0.05, 0.1) is 18.1 Å². The first-order valence-electron chi connectivity index (χ1n) is 7.74. The Hall–Kier alpha value is -1.15. The van der Waals surface area contributed by atoms with Crippen molar-refractivity contribution >= 4 is 21.7 Å². The second-order valence-corrected chi connectivity index (χ2v) is 8.23. The minimum Gasteiger partial charge on any atom is -0.383 e. The van der Waals surface area contributed by atoms with Gasteiger partial charge in [0.25, 0.3) is 0 Å². The molecular formula is C14H24N2O5S. The van der Waals surface area contributed by atoms with Crippen LogP contribution in [0.15, 0.2) is 0 Å². The molecule has 8 heteroatoms. The lowest BCUT2D eigenvalue weighted by molar-refractivity contribution is -0.148. The zero-order valence-electron chi connectivity index (χ0n) is 12.9. The van der Waals surface area contributed by atoms with E-state index in [-0.39, 0.29) is 30.7 Å². The molecule has 2 fully saturated rings. The number of sulfone groups is 1. The van der Waals surface area contributed by atoms with Crippen LogP contribution in [0.1, 0.15) is 32.1 Å². The number of methoxy groups -OCH3 is 1. The van der Waals surface area contributed by atoms with E-state index in [1.54, 1.807) is 0 Å². The van der Waals surface area contributed by atoms with Crippen molar-refractivity contribution in [3.05, 3.63) is 0 Å².